The zero-order valence-electron chi connectivity index (χ0n) is 8.16. The highest BCUT2D eigenvalue weighted by atomic mass is 19.1. The molecule has 1 aromatic carbocycles. The predicted octanol–water partition coefficient (Wildman–Crippen LogP) is 2.70. The molecule has 0 unspecified atom stereocenters. The van der Waals surface area contributed by atoms with Crippen LogP contribution in [0.1, 0.15) is 29.6 Å². The Morgan fingerprint density at radius 3 is 2.33 bits per heavy atom. The van der Waals surface area contributed by atoms with E-state index < -0.39 is 5.41 Å². The van der Waals surface area contributed by atoms with E-state index in [1.54, 1.807) is 0 Å². The van der Waals surface area contributed by atoms with Crippen molar-refractivity contribution in [3.05, 3.63) is 35.6 Å². The zero-order valence-corrected chi connectivity index (χ0v) is 8.16. The normalized spacial score (nSPS) is 17.6. The van der Waals surface area contributed by atoms with Gasteiger partial charge >= 0.3 is 0 Å². The molecule has 1 aliphatic carbocycles. The zero-order chi connectivity index (χ0) is 10.9. The fraction of sp³-hybridized carbons (Fsp3) is 0.333. The number of rotatable bonds is 2. The number of halogens is 1. The Balaban J connectivity index is 2.29. The minimum Gasteiger partial charge on any atom is -0.292 e. The first-order valence-corrected chi connectivity index (χ1v) is 4.90. The van der Waals surface area contributed by atoms with Crippen LogP contribution in [0, 0.1) is 22.6 Å². The first kappa shape index (κ1) is 9.85. The second kappa shape index (κ2) is 3.47. The lowest BCUT2D eigenvalue weighted by Crippen LogP contribution is -2.36. The molecule has 0 N–H and O–H groups in total. The van der Waals surface area contributed by atoms with Gasteiger partial charge in [0.15, 0.2) is 5.78 Å². The van der Waals surface area contributed by atoms with Crippen molar-refractivity contribution in [2.45, 2.75) is 19.3 Å². The van der Waals surface area contributed by atoms with Crippen LogP contribution < -0.4 is 0 Å². The van der Waals surface area contributed by atoms with Crippen LogP contribution in [0.15, 0.2) is 24.3 Å². The topological polar surface area (TPSA) is 40.9 Å². The van der Waals surface area contributed by atoms with Crippen molar-refractivity contribution in [3.63, 3.8) is 0 Å². The fourth-order valence-electron chi connectivity index (χ4n) is 1.80. The summed E-state index contributed by atoms with van der Waals surface area (Å²) in [5.74, 6) is -0.539. The summed E-state index contributed by atoms with van der Waals surface area (Å²) in [7, 11) is 0. The molecule has 1 saturated carbocycles. The molecule has 0 amide bonds. The number of ketones is 1. The van der Waals surface area contributed by atoms with Crippen LogP contribution in [0.5, 0.6) is 0 Å². The summed E-state index contributed by atoms with van der Waals surface area (Å²) in [6.45, 7) is 0. The highest BCUT2D eigenvalue weighted by molar-refractivity contribution is 6.02. The van der Waals surface area contributed by atoms with Crippen LogP contribution in [-0.2, 0) is 0 Å². The van der Waals surface area contributed by atoms with E-state index in [0.29, 0.717) is 18.4 Å². The Labute approximate surface area is 87.3 Å². The molecular weight excluding hydrogens is 193 g/mol. The highest BCUT2D eigenvalue weighted by Gasteiger charge is 2.44. The van der Waals surface area contributed by atoms with Crippen LogP contribution in [0.25, 0.3) is 0 Å². The molecule has 0 saturated heterocycles. The summed E-state index contributed by atoms with van der Waals surface area (Å²) < 4.78 is 12.6. The largest absolute Gasteiger partial charge is 0.292 e. The van der Waals surface area contributed by atoms with E-state index in [4.69, 9.17) is 5.26 Å². The summed E-state index contributed by atoms with van der Waals surface area (Å²) in [6.07, 6.45) is 2.17. The molecule has 15 heavy (non-hydrogen) atoms. The van der Waals surface area contributed by atoms with E-state index in [0.717, 1.165) is 6.42 Å². The molecular formula is C12H10FNO. The lowest BCUT2D eigenvalue weighted by Gasteiger charge is -2.33. The van der Waals surface area contributed by atoms with Gasteiger partial charge in [-0.15, -0.1) is 0 Å². The summed E-state index contributed by atoms with van der Waals surface area (Å²) in [6, 6.07) is 7.46. The number of Topliss-reactive ketones (excluding diaryl/α,β-unsaturated/α-hetero) is 1. The van der Waals surface area contributed by atoms with Gasteiger partial charge in [-0.25, -0.2) is 4.39 Å². The maximum Gasteiger partial charge on any atom is 0.183 e. The number of carbonyl (C=O) groups is 1. The minimum absolute atomic E-state index is 0.170. The number of benzene rings is 1. The van der Waals surface area contributed by atoms with Gasteiger partial charge in [-0.05, 0) is 43.5 Å². The Hall–Kier alpha value is -1.69. The van der Waals surface area contributed by atoms with Crippen molar-refractivity contribution in [1.82, 2.24) is 0 Å². The Kier molecular flexibility index (Phi) is 2.28. The van der Waals surface area contributed by atoms with Gasteiger partial charge < -0.3 is 0 Å². The Morgan fingerprint density at radius 2 is 1.93 bits per heavy atom. The van der Waals surface area contributed by atoms with Gasteiger partial charge in [0.2, 0.25) is 0 Å². The molecule has 0 radical (unpaired) electrons. The van der Waals surface area contributed by atoms with Crippen LogP contribution in [0.2, 0.25) is 0 Å². The van der Waals surface area contributed by atoms with Crippen LogP contribution in [0.4, 0.5) is 4.39 Å². The van der Waals surface area contributed by atoms with E-state index in [1.807, 2.05) is 0 Å². The number of nitriles is 1. The van der Waals surface area contributed by atoms with Crippen LogP contribution >= 0.6 is 0 Å². The summed E-state index contributed by atoms with van der Waals surface area (Å²) in [5.41, 5.74) is -0.407. The van der Waals surface area contributed by atoms with Crippen LogP contribution in [0.3, 0.4) is 0 Å². The molecule has 2 nitrogen and oxygen atoms in total. The molecule has 1 fully saturated rings. The third-order valence-corrected chi connectivity index (χ3v) is 2.96. The maximum absolute atomic E-state index is 12.6. The molecule has 0 spiro atoms. The van der Waals surface area contributed by atoms with Gasteiger partial charge in [-0.3, -0.25) is 4.79 Å². The van der Waals surface area contributed by atoms with Gasteiger partial charge in [0.05, 0.1) is 6.07 Å². The van der Waals surface area contributed by atoms with E-state index >= 15 is 0 Å². The second-order valence-electron chi connectivity index (χ2n) is 3.88. The standard InChI is InChI=1S/C12H10FNO/c13-10-4-2-9(3-5-10)11(15)12(8-14)6-1-7-12/h2-5H,1,6-7H2. The van der Waals surface area contributed by atoms with Gasteiger partial charge in [-0.2, -0.15) is 5.26 Å². The summed E-state index contributed by atoms with van der Waals surface area (Å²) in [5, 5.41) is 8.98. The van der Waals surface area contributed by atoms with E-state index in [2.05, 4.69) is 6.07 Å². The SMILES string of the molecule is N#CC1(C(=O)c2ccc(F)cc2)CCC1. The lowest BCUT2D eigenvalue weighted by atomic mass is 9.66. The van der Waals surface area contributed by atoms with Crippen molar-refractivity contribution >= 4 is 5.78 Å². The number of nitrogens with zero attached hydrogens (tertiary/aromatic N) is 1. The number of hydrogen-bond donors (Lipinski definition) is 0. The van der Waals surface area contributed by atoms with E-state index in [9.17, 15) is 9.18 Å². The monoisotopic (exact) mass is 203 g/mol. The molecule has 1 aliphatic rings. The van der Waals surface area contributed by atoms with Crippen molar-refractivity contribution in [2.24, 2.45) is 5.41 Å². The molecule has 0 atom stereocenters. The van der Waals surface area contributed by atoms with Crippen molar-refractivity contribution < 1.29 is 9.18 Å². The van der Waals surface area contributed by atoms with E-state index in [-0.39, 0.29) is 11.6 Å². The maximum atomic E-state index is 12.6. The summed E-state index contributed by atoms with van der Waals surface area (Å²) >= 11 is 0. The fourth-order valence-corrected chi connectivity index (χ4v) is 1.80. The van der Waals surface area contributed by atoms with Gasteiger partial charge in [-0.1, -0.05) is 0 Å². The Bertz CT molecular complexity index is 426. The first-order chi connectivity index (χ1) is 7.18. The average Bonchev–Trinajstić information content (AvgIpc) is 2.18. The molecule has 0 aliphatic heterocycles. The molecule has 0 heterocycles. The van der Waals surface area contributed by atoms with Gasteiger partial charge in [0, 0.05) is 5.56 Å². The minimum atomic E-state index is -0.835. The first-order valence-electron chi connectivity index (χ1n) is 4.90. The molecule has 1 aromatic rings. The predicted molar refractivity (Wildman–Crippen MR) is 52.6 cm³/mol. The molecule has 0 bridgehead atoms. The molecule has 3 heteroatoms. The van der Waals surface area contributed by atoms with Crippen molar-refractivity contribution in [1.29, 1.82) is 5.26 Å². The smallest absolute Gasteiger partial charge is 0.183 e. The Morgan fingerprint density at radius 1 is 1.33 bits per heavy atom. The number of carbonyl (C=O) groups excluding carboxylic acids is 1. The average molecular weight is 203 g/mol. The van der Waals surface area contributed by atoms with Gasteiger partial charge in [0.25, 0.3) is 0 Å². The van der Waals surface area contributed by atoms with Gasteiger partial charge in [0.1, 0.15) is 11.2 Å². The van der Waals surface area contributed by atoms with E-state index in [1.165, 1.54) is 24.3 Å². The highest BCUT2D eigenvalue weighted by Crippen LogP contribution is 2.42. The third-order valence-electron chi connectivity index (χ3n) is 2.96. The molecule has 76 valence electrons. The second-order valence-corrected chi connectivity index (χ2v) is 3.88. The molecule has 0 aromatic heterocycles. The van der Waals surface area contributed by atoms with Crippen LogP contribution in [-0.4, -0.2) is 5.78 Å². The summed E-state index contributed by atoms with van der Waals surface area (Å²) in [4.78, 5) is 11.9. The quantitative estimate of drug-likeness (QED) is 0.693. The number of hydrogen-bond acceptors (Lipinski definition) is 2. The molecule has 2 rings (SSSR count). The van der Waals surface area contributed by atoms with Crippen molar-refractivity contribution in [2.75, 3.05) is 0 Å². The van der Waals surface area contributed by atoms with Crippen molar-refractivity contribution in [3.8, 4) is 6.07 Å². The lowest BCUT2D eigenvalue weighted by molar-refractivity contribution is 0.0748. The third kappa shape index (κ3) is 1.52.